The molecule has 0 aromatic carbocycles. The van der Waals surface area contributed by atoms with Crippen LogP contribution in [0.2, 0.25) is 0 Å². The zero-order valence-corrected chi connectivity index (χ0v) is 22.5. The van der Waals surface area contributed by atoms with Crippen molar-refractivity contribution in [3.8, 4) is 11.3 Å². The Morgan fingerprint density at radius 2 is 1.86 bits per heavy atom. The summed E-state index contributed by atoms with van der Waals surface area (Å²) in [5, 5.41) is 5.23. The van der Waals surface area contributed by atoms with Gasteiger partial charge in [-0.2, -0.15) is 5.10 Å². The third kappa shape index (κ3) is 4.99. The van der Waals surface area contributed by atoms with Crippen LogP contribution in [-0.2, 0) is 28.9 Å². The minimum Gasteiger partial charge on any atom is -0.381 e. The molecule has 6 rings (SSSR count). The second kappa shape index (κ2) is 11.0. The number of fused-ring (bicyclic) bond motifs is 2. The summed E-state index contributed by atoms with van der Waals surface area (Å²) in [5.74, 6) is 1.11. The second-order valence-corrected chi connectivity index (χ2v) is 9.87. The predicted molar refractivity (Wildman–Crippen MR) is 145 cm³/mol. The van der Waals surface area contributed by atoms with Gasteiger partial charge in [0, 0.05) is 68.4 Å². The minimum absolute atomic E-state index is 0.123. The van der Waals surface area contributed by atoms with Gasteiger partial charge in [0.1, 0.15) is 0 Å². The van der Waals surface area contributed by atoms with E-state index in [9.17, 15) is 4.79 Å². The lowest BCUT2D eigenvalue weighted by Gasteiger charge is -2.32. The van der Waals surface area contributed by atoms with E-state index in [1.54, 1.807) is 6.92 Å². The molecule has 3 aromatic heterocycles. The molecule has 0 N–H and O–H groups in total. The fraction of sp³-hybridized carbons (Fsp3) is 0.517. The largest absolute Gasteiger partial charge is 0.381 e. The van der Waals surface area contributed by atoms with Crippen molar-refractivity contribution in [2.45, 2.75) is 72.4 Å². The summed E-state index contributed by atoms with van der Waals surface area (Å²) in [7, 11) is 0. The Bertz CT molecular complexity index is 1250. The molecule has 0 unspecified atom stereocenters. The topological polar surface area (TPSA) is 76.4 Å². The highest BCUT2D eigenvalue weighted by Gasteiger charge is 2.33. The Morgan fingerprint density at radius 1 is 1.05 bits per heavy atom. The number of aryl methyl sites for hydroxylation is 2. The number of nitrogens with zero attached hydrogens (tertiary/aromatic N) is 6. The highest BCUT2D eigenvalue weighted by Crippen LogP contribution is 2.40. The molecule has 0 saturated carbocycles. The van der Waals surface area contributed by atoms with Crippen molar-refractivity contribution in [3.05, 3.63) is 53.1 Å². The van der Waals surface area contributed by atoms with E-state index in [2.05, 4.69) is 26.7 Å². The van der Waals surface area contributed by atoms with Crippen molar-refractivity contribution in [2.75, 3.05) is 31.2 Å². The van der Waals surface area contributed by atoms with Crippen molar-refractivity contribution in [2.24, 2.45) is 0 Å². The third-order valence-electron chi connectivity index (χ3n) is 7.59. The normalized spacial score (nSPS) is 17.5. The van der Waals surface area contributed by atoms with E-state index in [1.165, 1.54) is 16.8 Å². The fourth-order valence-electron chi connectivity index (χ4n) is 5.62. The molecule has 0 radical (unpaired) electrons. The van der Waals surface area contributed by atoms with E-state index < -0.39 is 0 Å². The van der Waals surface area contributed by atoms with E-state index in [0.717, 1.165) is 86.9 Å². The first-order chi connectivity index (χ1) is 18.1. The van der Waals surface area contributed by atoms with Crippen molar-refractivity contribution >= 4 is 17.4 Å². The Morgan fingerprint density at radius 3 is 2.59 bits per heavy atom. The molecule has 3 aliphatic heterocycles. The molecule has 1 fully saturated rings. The molecule has 0 aliphatic carbocycles. The quantitative estimate of drug-likeness (QED) is 0.501. The number of aromatic nitrogens is 4. The molecular weight excluding hydrogens is 464 g/mol. The summed E-state index contributed by atoms with van der Waals surface area (Å²) < 4.78 is 7.88. The summed E-state index contributed by atoms with van der Waals surface area (Å²) >= 11 is 0. The number of pyridine rings is 2. The average molecular weight is 503 g/mol. The van der Waals surface area contributed by atoms with Gasteiger partial charge in [-0.1, -0.05) is 13.8 Å². The van der Waals surface area contributed by atoms with Crippen molar-refractivity contribution in [3.63, 3.8) is 0 Å². The number of amides is 1. The monoisotopic (exact) mass is 502 g/mol. The van der Waals surface area contributed by atoms with Gasteiger partial charge in [-0.25, -0.2) is 0 Å². The van der Waals surface area contributed by atoms with Gasteiger partial charge in [-0.3, -0.25) is 19.4 Å². The van der Waals surface area contributed by atoms with Gasteiger partial charge in [-0.05, 0) is 56.4 Å². The van der Waals surface area contributed by atoms with Crippen LogP contribution in [0.1, 0.15) is 68.6 Å². The summed E-state index contributed by atoms with van der Waals surface area (Å²) in [5.41, 5.74) is 7.88. The SMILES string of the molecule is CC.CC(=O)N1CCc2c(c(N3CCCc4cc(-c5ccc(C)nc5)ncc43)nn2C2CCOCC2)C1. The molecule has 1 amide bonds. The maximum absolute atomic E-state index is 12.2. The van der Waals surface area contributed by atoms with Gasteiger partial charge in [0.05, 0.1) is 30.2 Å². The van der Waals surface area contributed by atoms with E-state index in [0.29, 0.717) is 12.6 Å². The highest BCUT2D eigenvalue weighted by molar-refractivity contribution is 5.75. The molecule has 6 heterocycles. The zero-order valence-electron chi connectivity index (χ0n) is 22.5. The third-order valence-corrected chi connectivity index (χ3v) is 7.59. The molecule has 3 aromatic rings. The Labute approximate surface area is 219 Å². The van der Waals surface area contributed by atoms with Crippen LogP contribution in [0.25, 0.3) is 11.3 Å². The molecule has 196 valence electrons. The summed E-state index contributed by atoms with van der Waals surface area (Å²) in [6.07, 6.45) is 8.77. The van der Waals surface area contributed by atoms with Crippen molar-refractivity contribution in [1.82, 2.24) is 24.6 Å². The fourth-order valence-corrected chi connectivity index (χ4v) is 5.62. The number of carbonyl (C=O) groups is 1. The van der Waals surface area contributed by atoms with Gasteiger partial charge in [0.15, 0.2) is 5.82 Å². The summed E-state index contributed by atoms with van der Waals surface area (Å²) in [4.78, 5) is 25.8. The first-order valence-corrected chi connectivity index (χ1v) is 13.7. The first-order valence-electron chi connectivity index (χ1n) is 13.7. The molecule has 1 saturated heterocycles. The first kappa shape index (κ1) is 25.4. The van der Waals surface area contributed by atoms with Crippen LogP contribution in [0.5, 0.6) is 0 Å². The van der Waals surface area contributed by atoms with Crippen LogP contribution in [-0.4, -0.2) is 56.9 Å². The second-order valence-electron chi connectivity index (χ2n) is 9.87. The number of hydrogen-bond acceptors (Lipinski definition) is 6. The Hall–Kier alpha value is -3.26. The van der Waals surface area contributed by atoms with Gasteiger partial charge in [-0.15, -0.1) is 0 Å². The molecule has 0 bridgehead atoms. The van der Waals surface area contributed by atoms with E-state index in [1.807, 2.05) is 44.1 Å². The predicted octanol–water partition coefficient (Wildman–Crippen LogP) is 5.02. The zero-order chi connectivity index (χ0) is 25.9. The number of ether oxygens (including phenoxy) is 1. The molecule has 3 aliphatic rings. The van der Waals surface area contributed by atoms with Gasteiger partial charge in [0.2, 0.25) is 5.91 Å². The van der Waals surface area contributed by atoms with E-state index in [4.69, 9.17) is 14.8 Å². The summed E-state index contributed by atoms with van der Waals surface area (Å²) in [6.45, 7) is 11.5. The number of carbonyl (C=O) groups excluding carboxylic acids is 1. The van der Waals surface area contributed by atoms with Crippen molar-refractivity contribution in [1.29, 1.82) is 0 Å². The van der Waals surface area contributed by atoms with Gasteiger partial charge >= 0.3 is 0 Å². The lowest BCUT2D eigenvalue weighted by Crippen LogP contribution is -2.36. The van der Waals surface area contributed by atoms with Gasteiger partial charge in [0.25, 0.3) is 0 Å². The maximum Gasteiger partial charge on any atom is 0.219 e. The molecule has 0 spiro atoms. The molecule has 8 nitrogen and oxygen atoms in total. The molecule has 37 heavy (non-hydrogen) atoms. The Balaban J connectivity index is 0.00000137. The number of hydrogen-bond donors (Lipinski definition) is 0. The average Bonchev–Trinajstić information content (AvgIpc) is 3.33. The van der Waals surface area contributed by atoms with Crippen LogP contribution < -0.4 is 4.90 Å². The maximum atomic E-state index is 12.2. The van der Waals surface area contributed by atoms with Gasteiger partial charge < -0.3 is 14.5 Å². The number of anilines is 2. The van der Waals surface area contributed by atoms with E-state index in [-0.39, 0.29) is 5.91 Å². The molecule has 0 atom stereocenters. The minimum atomic E-state index is 0.123. The highest BCUT2D eigenvalue weighted by atomic mass is 16.5. The standard InChI is InChI=1S/C27H32N6O2.C2H6/c1-18-5-6-21(15-28-18)24-14-20-4-3-10-32(26(20)16-29-24)27-23-17-31(19(2)34)11-7-25(23)33(30-27)22-8-12-35-13-9-22;1-2/h5-6,14-16,22H,3-4,7-13,17H2,1-2H3;1-2H3. The summed E-state index contributed by atoms with van der Waals surface area (Å²) in [6, 6.07) is 6.67. The van der Waals surface area contributed by atoms with Crippen LogP contribution in [0.3, 0.4) is 0 Å². The van der Waals surface area contributed by atoms with E-state index >= 15 is 0 Å². The van der Waals surface area contributed by atoms with Crippen LogP contribution in [0, 0.1) is 6.92 Å². The number of rotatable bonds is 3. The van der Waals surface area contributed by atoms with Crippen LogP contribution in [0.15, 0.2) is 30.6 Å². The smallest absolute Gasteiger partial charge is 0.219 e. The molecule has 8 heteroatoms. The lowest BCUT2D eigenvalue weighted by atomic mass is 9.99. The Kier molecular flexibility index (Phi) is 7.55. The lowest BCUT2D eigenvalue weighted by molar-refractivity contribution is -0.129. The van der Waals surface area contributed by atoms with Crippen molar-refractivity contribution < 1.29 is 9.53 Å². The van der Waals surface area contributed by atoms with Crippen LogP contribution in [0.4, 0.5) is 11.5 Å². The van der Waals surface area contributed by atoms with Crippen LogP contribution >= 0.6 is 0 Å². The molecular formula is C29H38N6O2.